The fourth-order valence-electron chi connectivity index (χ4n) is 11.3. The van der Waals surface area contributed by atoms with Gasteiger partial charge in [-0.15, -0.1) is 0 Å². The SMILES string of the molecule is C(#Cc1cc(-c2ccc3ccccc3c2)c2ccc3c(C#Cc4ccc(N(c5ccccc5)c5ccccc5)cc4)cc(-c4ccc5ccccc5c4)c4ccc1c2c34)c1ccc(N(c2ccccc2)c2ccccc2)cc1. The Balaban J connectivity index is 0.945. The molecule has 0 aliphatic heterocycles. The fourth-order valence-corrected chi connectivity index (χ4v) is 11.3. The predicted octanol–water partition coefficient (Wildman–Crippen LogP) is 20.0. The molecule has 0 N–H and O–H groups in total. The van der Waals surface area contributed by atoms with E-state index in [0.717, 1.165) is 89.4 Å². The quantitative estimate of drug-likeness (QED) is 0.111. The van der Waals surface area contributed by atoms with E-state index in [0.29, 0.717) is 0 Å². The molecule has 0 radical (unpaired) electrons. The second kappa shape index (κ2) is 19.9. The predicted molar refractivity (Wildman–Crippen MR) is 330 cm³/mol. The van der Waals surface area contributed by atoms with Crippen molar-refractivity contribution in [2.75, 3.05) is 9.80 Å². The van der Waals surface area contributed by atoms with Gasteiger partial charge in [-0.1, -0.05) is 194 Å². The monoisotopic (exact) mass is 988 g/mol. The Bertz CT molecular complexity index is 4260. The lowest BCUT2D eigenvalue weighted by atomic mass is 9.83. The molecule has 0 aliphatic rings. The molecule has 362 valence electrons. The molecule has 0 fully saturated rings. The Morgan fingerprint density at radius 3 is 0.885 bits per heavy atom. The van der Waals surface area contributed by atoms with Crippen LogP contribution in [-0.2, 0) is 0 Å². The highest BCUT2D eigenvalue weighted by Crippen LogP contribution is 2.46. The summed E-state index contributed by atoms with van der Waals surface area (Å²) in [6, 6.07) is 104. The van der Waals surface area contributed by atoms with E-state index in [4.69, 9.17) is 0 Å². The lowest BCUT2D eigenvalue weighted by molar-refractivity contribution is 1.28. The first-order valence-corrected chi connectivity index (χ1v) is 26.5. The highest BCUT2D eigenvalue weighted by molar-refractivity contribution is 6.29. The van der Waals surface area contributed by atoms with E-state index >= 15 is 0 Å². The molecule has 14 rings (SSSR count). The van der Waals surface area contributed by atoms with Gasteiger partial charge >= 0.3 is 0 Å². The number of anilines is 6. The molecule has 0 aliphatic carbocycles. The number of fused-ring (bicyclic) bond motifs is 2. The van der Waals surface area contributed by atoms with Crippen LogP contribution in [0.2, 0.25) is 0 Å². The lowest BCUT2D eigenvalue weighted by Gasteiger charge is -2.25. The molecule has 0 saturated carbocycles. The van der Waals surface area contributed by atoms with Gasteiger partial charge in [0.1, 0.15) is 0 Å². The second-order valence-electron chi connectivity index (χ2n) is 19.7. The van der Waals surface area contributed by atoms with Gasteiger partial charge in [-0.25, -0.2) is 0 Å². The minimum Gasteiger partial charge on any atom is -0.311 e. The van der Waals surface area contributed by atoms with Crippen LogP contribution in [0.3, 0.4) is 0 Å². The Kier molecular flexibility index (Phi) is 11.7. The van der Waals surface area contributed by atoms with Gasteiger partial charge in [0.05, 0.1) is 0 Å². The van der Waals surface area contributed by atoms with Crippen molar-refractivity contribution in [3.8, 4) is 45.9 Å². The number of nitrogens with zero attached hydrogens (tertiary/aromatic N) is 2. The maximum Gasteiger partial charge on any atom is 0.0462 e. The standard InChI is InChI=1S/C76H48N2/c1-5-21-63(22-6-1)77(64-23-7-2-8-24-64)67-41-31-53(32-42-67)29-35-61-51-73(59-39-37-55-17-13-15-19-57(55)49-59)71-48-46-70-62(36-30-54-33-43-68(44-34-54)78(65-25-9-3-10-26-65)66-27-11-4-12-28-66)52-74(72-47-45-69(61)75(71)76(70)72)60-40-38-56-18-14-16-20-58(56)50-60/h1-28,31-34,37-52H. The average molecular weight is 989 g/mol. The highest BCUT2D eigenvalue weighted by Gasteiger charge is 2.20. The van der Waals surface area contributed by atoms with E-state index in [9.17, 15) is 0 Å². The molecule has 0 amide bonds. The Morgan fingerprint density at radius 1 is 0.218 bits per heavy atom. The van der Waals surface area contributed by atoms with Crippen LogP contribution in [0.4, 0.5) is 34.1 Å². The molecular formula is C76H48N2. The highest BCUT2D eigenvalue weighted by atomic mass is 15.1. The zero-order chi connectivity index (χ0) is 51.8. The first-order valence-electron chi connectivity index (χ1n) is 26.5. The summed E-state index contributed by atoms with van der Waals surface area (Å²) >= 11 is 0. The van der Waals surface area contributed by atoms with Crippen molar-refractivity contribution in [2.24, 2.45) is 0 Å². The third kappa shape index (κ3) is 8.61. The lowest BCUT2D eigenvalue weighted by Crippen LogP contribution is -2.09. The second-order valence-corrected chi connectivity index (χ2v) is 19.7. The van der Waals surface area contributed by atoms with Gasteiger partial charge in [0.25, 0.3) is 0 Å². The number of hydrogen-bond acceptors (Lipinski definition) is 2. The van der Waals surface area contributed by atoms with Crippen molar-refractivity contribution in [1.29, 1.82) is 0 Å². The topological polar surface area (TPSA) is 6.48 Å². The van der Waals surface area contributed by atoms with E-state index in [1.807, 2.05) is 0 Å². The Labute approximate surface area is 454 Å². The van der Waals surface area contributed by atoms with Crippen molar-refractivity contribution >= 4 is 88.0 Å². The molecule has 14 aromatic rings. The van der Waals surface area contributed by atoms with Gasteiger partial charge in [-0.2, -0.15) is 0 Å². The summed E-state index contributed by atoms with van der Waals surface area (Å²) in [7, 11) is 0. The van der Waals surface area contributed by atoms with Crippen LogP contribution in [0.5, 0.6) is 0 Å². The van der Waals surface area contributed by atoms with Crippen molar-refractivity contribution in [3.63, 3.8) is 0 Å². The molecule has 0 bridgehead atoms. The van der Waals surface area contributed by atoms with Gasteiger partial charge < -0.3 is 9.80 Å². The van der Waals surface area contributed by atoms with Crippen molar-refractivity contribution < 1.29 is 0 Å². The first-order chi connectivity index (χ1) is 38.7. The summed E-state index contributed by atoms with van der Waals surface area (Å²) in [6.45, 7) is 0. The van der Waals surface area contributed by atoms with Crippen molar-refractivity contribution in [2.45, 2.75) is 0 Å². The third-order valence-corrected chi connectivity index (χ3v) is 15.0. The summed E-state index contributed by atoms with van der Waals surface area (Å²) in [4.78, 5) is 4.56. The van der Waals surface area contributed by atoms with E-state index in [-0.39, 0.29) is 0 Å². The third-order valence-electron chi connectivity index (χ3n) is 15.0. The van der Waals surface area contributed by atoms with Gasteiger partial charge in [0.2, 0.25) is 0 Å². The van der Waals surface area contributed by atoms with Crippen LogP contribution in [0.15, 0.2) is 291 Å². The molecular weight excluding hydrogens is 941 g/mol. The molecule has 78 heavy (non-hydrogen) atoms. The fraction of sp³-hybridized carbons (Fsp3) is 0. The van der Waals surface area contributed by atoms with E-state index in [1.165, 1.54) is 43.1 Å². The van der Waals surface area contributed by atoms with Crippen LogP contribution in [0, 0.1) is 23.7 Å². The van der Waals surface area contributed by atoms with Crippen LogP contribution >= 0.6 is 0 Å². The minimum absolute atomic E-state index is 0.940. The average Bonchev–Trinajstić information content (AvgIpc) is 3.49. The molecule has 0 unspecified atom stereocenters. The van der Waals surface area contributed by atoms with Crippen LogP contribution in [-0.4, -0.2) is 0 Å². The summed E-state index contributed by atoms with van der Waals surface area (Å²) in [5.74, 6) is 14.7. The zero-order valence-corrected chi connectivity index (χ0v) is 42.6. The summed E-state index contributed by atoms with van der Waals surface area (Å²) < 4.78 is 0. The van der Waals surface area contributed by atoms with Crippen LogP contribution in [0.25, 0.3) is 76.1 Å². The maximum absolute atomic E-state index is 3.74. The molecule has 0 heterocycles. The van der Waals surface area contributed by atoms with Gasteiger partial charge in [-0.3, -0.25) is 0 Å². The smallest absolute Gasteiger partial charge is 0.0462 e. The molecule has 0 saturated heterocycles. The molecule has 0 aromatic heterocycles. The molecule has 0 atom stereocenters. The zero-order valence-electron chi connectivity index (χ0n) is 42.6. The molecule has 0 spiro atoms. The van der Waals surface area contributed by atoms with Crippen LogP contribution < -0.4 is 9.80 Å². The van der Waals surface area contributed by atoms with Gasteiger partial charge in [-0.05, 0) is 197 Å². The number of benzene rings is 14. The summed E-state index contributed by atoms with van der Waals surface area (Å²) in [5, 5.41) is 11.8. The van der Waals surface area contributed by atoms with E-state index < -0.39 is 0 Å². The van der Waals surface area contributed by atoms with Gasteiger partial charge in [0, 0.05) is 56.4 Å². The van der Waals surface area contributed by atoms with E-state index in [1.54, 1.807) is 0 Å². The summed E-state index contributed by atoms with van der Waals surface area (Å²) in [6.07, 6.45) is 0. The number of para-hydroxylation sites is 4. The Hall–Kier alpha value is -10.6. The normalized spacial score (nSPS) is 11.1. The molecule has 2 heteroatoms. The maximum atomic E-state index is 3.74. The number of hydrogen-bond donors (Lipinski definition) is 0. The van der Waals surface area contributed by atoms with Crippen LogP contribution in [0.1, 0.15) is 22.3 Å². The number of rotatable bonds is 8. The van der Waals surface area contributed by atoms with Gasteiger partial charge in [0.15, 0.2) is 0 Å². The molecule has 2 nitrogen and oxygen atoms in total. The molecule has 14 aromatic carbocycles. The minimum atomic E-state index is 0.940. The largest absolute Gasteiger partial charge is 0.311 e. The van der Waals surface area contributed by atoms with E-state index in [2.05, 4.69) is 325 Å². The Morgan fingerprint density at radius 2 is 0.526 bits per heavy atom. The van der Waals surface area contributed by atoms with Crippen molar-refractivity contribution in [3.05, 3.63) is 313 Å². The summed E-state index contributed by atoms with van der Waals surface area (Å²) in [5.41, 5.74) is 14.9. The first kappa shape index (κ1) is 45.9. The van der Waals surface area contributed by atoms with Crippen molar-refractivity contribution in [1.82, 2.24) is 0 Å².